The summed E-state index contributed by atoms with van der Waals surface area (Å²) < 4.78 is 4.10. The summed E-state index contributed by atoms with van der Waals surface area (Å²) in [7, 11) is 0. The van der Waals surface area contributed by atoms with Crippen molar-refractivity contribution in [3.05, 3.63) is 98.1 Å². The average Bonchev–Trinajstić information content (AvgIpc) is 2.95. The van der Waals surface area contributed by atoms with Gasteiger partial charge in [0.1, 0.15) is 0 Å². The first kappa shape index (κ1) is 19.9. The second-order valence-electron chi connectivity index (χ2n) is 7.09. The van der Waals surface area contributed by atoms with Gasteiger partial charge in [0.2, 0.25) is 0 Å². The second-order valence-corrected chi connectivity index (χ2v) is 8.86. The number of benzene rings is 3. The maximum Gasteiger partial charge on any atom is 0.255 e. The number of hydrogen-bond acceptors (Lipinski definition) is 1. The Bertz CT molecular complexity index is 1210. The molecule has 1 aromatic heterocycles. The van der Waals surface area contributed by atoms with Crippen molar-refractivity contribution in [1.29, 1.82) is 0 Å². The van der Waals surface area contributed by atoms with Crippen molar-refractivity contribution in [3.63, 3.8) is 0 Å². The third-order valence-electron chi connectivity index (χ3n) is 5.26. The van der Waals surface area contributed by atoms with E-state index in [9.17, 15) is 4.79 Å². The largest absolute Gasteiger partial charge is 0.340 e. The van der Waals surface area contributed by atoms with Gasteiger partial charge in [0.05, 0.1) is 5.69 Å². The smallest absolute Gasteiger partial charge is 0.255 e. The average molecular weight is 512 g/mol. The van der Waals surface area contributed by atoms with Crippen LogP contribution in [0, 0.1) is 13.8 Å². The predicted octanol–water partition coefficient (Wildman–Crippen LogP) is 7.08. The number of fused-ring (bicyclic) bond motifs is 1. The molecule has 0 bridgehead atoms. The van der Waals surface area contributed by atoms with Crippen LogP contribution in [0.1, 0.15) is 27.2 Å². The van der Waals surface area contributed by atoms with Crippen molar-refractivity contribution >= 4 is 54.4 Å². The molecule has 3 aromatic carbocycles. The molecule has 1 heterocycles. The quantitative estimate of drug-likeness (QED) is 0.312. The number of nitrogens with one attached hydrogen (secondary N) is 1. The summed E-state index contributed by atoms with van der Waals surface area (Å²) in [5, 5.41) is 4.10. The van der Waals surface area contributed by atoms with Gasteiger partial charge in [-0.15, -0.1) is 0 Å². The van der Waals surface area contributed by atoms with E-state index in [0.29, 0.717) is 5.56 Å². The standard InChI is InChI=1S/C24H20Br2N2O/c1-15-16(2)28(14-17-6-4-3-5-7-17)23-11-8-18(12-20(15)23)24(29)27-22-10-9-19(25)13-21(22)26/h3-13H,14H2,1-2H3,(H,27,29). The van der Waals surface area contributed by atoms with Gasteiger partial charge in [0, 0.05) is 37.7 Å². The zero-order valence-corrected chi connectivity index (χ0v) is 19.3. The van der Waals surface area contributed by atoms with Crippen LogP contribution in [0.3, 0.4) is 0 Å². The lowest BCUT2D eigenvalue weighted by atomic mass is 10.1. The van der Waals surface area contributed by atoms with Gasteiger partial charge in [-0.1, -0.05) is 46.3 Å². The molecule has 4 aromatic rings. The lowest BCUT2D eigenvalue weighted by molar-refractivity contribution is 0.102. The van der Waals surface area contributed by atoms with Crippen LogP contribution >= 0.6 is 31.9 Å². The fourth-order valence-corrected chi connectivity index (χ4v) is 4.69. The zero-order chi connectivity index (χ0) is 20.5. The first-order valence-corrected chi connectivity index (χ1v) is 10.9. The number of halogens is 2. The van der Waals surface area contributed by atoms with Gasteiger partial charge in [0.25, 0.3) is 5.91 Å². The summed E-state index contributed by atoms with van der Waals surface area (Å²) in [6.07, 6.45) is 0. The van der Waals surface area contributed by atoms with Crippen molar-refractivity contribution < 1.29 is 4.79 Å². The fraction of sp³-hybridized carbons (Fsp3) is 0.125. The topological polar surface area (TPSA) is 34.0 Å². The van der Waals surface area contributed by atoms with Crippen LogP contribution in [0.25, 0.3) is 10.9 Å². The van der Waals surface area contributed by atoms with Crippen LogP contribution in [-0.2, 0) is 6.54 Å². The Labute approximate surface area is 187 Å². The van der Waals surface area contributed by atoms with Crippen LogP contribution in [0.5, 0.6) is 0 Å². The van der Waals surface area contributed by atoms with E-state index in [0.717, 1.165) is 32.1 Å². The highest BCUT2D eigenvalue weighted by Gasteiger charge is 2.15. The molecule has 1 amide bonds. The van der Waals surface area contributed by atoms with E-state index in [1.54, 1.807) is 0 Å². The van der Waals surface area contributed by atoms with Gasteiger partial charge in [0.15, 0.2) is 0 Å². The second kappa shape index (κ2) is 8.17. The molecule has 0 aliphatic rings. The van der Waals surface area contributed by atoms with E-state index in [-0.39, 0.29) is 5.91 Å². The molecule has 0 saturated heterocycles. The van der Waals surface area contributed by atoms with E-state index in [1.807, 2.05) is 42.5 Å². The Morgan fingerprint density at radius 1 is 0.966 bits per heavy atom. The van der Waals surface area contributed by atoms with Crippen LogP contribution in [0.4, 0.5) is 5.69 Å². The molecule has 1 N–H and O–H groups in total. The summed E-state index contributed by atoms with van der Waals surface area (Å²) >= 11 is 6.93. The summed E-state index contributed by atoms with van der Waals surface area (Å²) in [5.41, 5.74) is 6.22. The van der Waals surface area contributed by atoms with Crippen molar-refractivity contribution in [3.8, 4) is 0 Å². The number of hydrogen-bond donors (Lipinski definition) is 1. The minimum absolute atomic E-state index is 0.122. The van der Waals surface area contributed by atoms with Gasteiger partial charge < -0.3 is 9.88 Å². The first-order chi connectivity index (χ1) is 13.9. The van der Waals surface area contributed by atoms with Crippen molar-refractivity contribution in [2.24, 2.45) is 0 Å². The maximum atomic E-state index is 12.8. The SMILES string of the molecule is Cc1c(C)n(Cc2ccccc2)c2ccc(C(=O)Nc3ccc(Br)cc3Br)cc12. The molecule has 29 heavy (non-hydrogen) atoms. The molecule has 0 aliphatic heterocycles. The van der Waals surface area contributed by atoms with E-state index in [4.69, 9.17) is 0 Å². The highest BCUT2D eigenvalue weighted by molar-refractivity contribution is 9.11. The fourth-order valence-electron chi connectivity index (χ4n) is 3.55. The van der Waals surface area contributed by atoms with E-state index < -0.39 is 0 Å². The minimum Gasteiger partial charge on any atom is -0.340 e. The normalized spacial score (nSPS) is 11.0. The number of carbonyl (C=O) groups is 1. The van der Waals surface area contributed by atoms with E-state index >= 15 is 0 Å². The minimum atomic E-state index is -0.122. The molecule has 5 heteroatoms. The predicted molar refractivity (Wildman–Crippen MR) is 127 cm³/mol. The molecule has 0 unspecified atom stereocenters. The Morgan fingerprint density at radius 2 is 1.72 bits per heavy atom. The Hall–Kier alpha value is -2.37. The van der Waals surface area contributed by atoms with Gasteiger partial charge in [-0.2, -0.15) is 0 Å². The Balaban J connectivity index is 1.67. The first-order valence-electron chi connectivity index (χ1n) is 9.34. The number of aryl methyl sites for hydroxylation is 1. The Kier molecular flexibility index (Phi) is 5.61. The number of carbonyl (C=O) groups excluding carboxylic acids is 1. The van der Waals surface area contributed by atoms with Crippen LogP contribution in [0.2, 0.25) is 0 Å². The van der Waals surface area contributed by atoms with Crippen LogP contribution in [-0.4, -0.2) is 10.5 Å². The summed E-state index contributed by atoms with van der Waals surface area (Å²) in [5.74, 6) is -0.122. The van der Waals surface area contributed by atoms with Crippen LogP contribution < -0.4 is 5.32 Å². The molecule has 0 aliphatic carbocycles. The number of aromatic nitrogens is 1. The van der Waals surface area contributed by atoms with Crippen LogP contribution in [0.15, 0.2) is 75.7 Å². The number of rotatable bonds is 4. The molecular weight excluding hydrogens is 492 g/mol. The summed E-state index contributed by atoms with van der Waals surface area (Å²) in [6, 6.07) is 22.0. The lowest BCUT2D eigenvalue weighted by Crippen LogP contribution is -2.12. The van der Waals surface area contributed by atoms with Gasteiger partial charge in [-0.3, -0.25) is 4.79 Å². The molecule has 3 nitrogen and oxygen atoms in total. The number of amides is 1. The molecule has 0 spiro atoms. The number of nitrogens with zero attached hydrogens (tertiary/aromatic N) is 1. The number of anilines is 1. The molecule has 0 saturated carbocycles. The van der Waals surface area contributed by atoms with E-state index in [2.05, 4.69) is 79.9 Å². The molecule has 146 valence electrons. The van der Waals surface area contributed by atoms with Crippen molar-refractivity contribution in [2.75, 3.05) is 5.32 Å². The zero-order valence-electron chi connectivity index (χ0n) is 16.2. The molecule has 0 fully saturated rings. The van der Waals surface area contributed by atoms with Gasteiger partial charge >= 0.3 is 0 Å². The Morgan fingerprint density at radius 3 is 2.45 bits per heavy atom. The van der Waals surface area contributed by atoms with Crippen molar-refractivity contribution in [1.82, 2.24) is 4.57 Å². The third kappa shape index (κ3) is 4.02. The summed E-state index contributed by atoms with van der Waals surface area (Å²) in [4.78, 5) is 12.8. The maximum absolute atomic E-state index is 12.8. The highest BCUT2D eigenvalue weighted by Crippen LogP contribution is 2.29. The molecule has 4 rings (SSSR count). The summed E-state index contributed by atoms with van der Waals surface area (Å²) in [6.45, 7) is 5.07. The van der Waals surface area contributed by atoms with Gasteiger partial charge in [-0.05, 0) is 77.3 Å². The van der Waals surface area contributed by atoms with E-state index in [1.165, 1.54) is 16.8 Å². The lowest BCUT2D eigenvalue weighted by Gasteiger charge is -2.10. The molecule has 0 radical (unpaired) electrons. The monoisotopic (exact) mass is 510 g/mol. The van der Waals surface area contributed by atoms with Gasteiger partial charge in [-0.25, -0.2) is 0 Å². The third-order valence-corrected chi connectivity index (χ3v) is 6.41. The highest BCUT2D eigenvalue weighted by atomic mass is 79.9. The van der Waals surface area contributed by atoms with Crippen molar-refractivity contribution in [2.45, 2.75) is 20.4 Å². The molecular formula is C24H20Br2N2O. The molecule has 0 atom stereocenters.